The average Bonchev–Trinajstić information content (AvgIpc) is 2.35. The maximum absolute atomic E-state index is 12.0. The predicted octanol–water partition coefficient (Wildman–Crippen LogP) is 0.794. The van der Waals surface area contributed by atoms with Gasteiger partial charge in [0.05, 0.1) is 12.1 Å². The molecule has 17 heavy (non-hydrogen) atoms. The van der Waals surface area contributed by atoms with E-state index in [1.54, 1.807) is 0 Å². The number of piperidine rings is 1. The van der Waals surface area contributed by atoms with Crippen LogP contribution in [0.2, 0.25) is 0 Å². The van der Waals surface area contributed by atoms with E-state index in [2.05, 4.69) is 17.6 Å². The molecule has 4 heteroatoms. The van der Waals surface area contributed by atoms with E-state index in [-0.39, 0.29) is 24.1 Å². The van der Waals surface area contributed by atoms with Crippen molar-refractivity contribution in [3.05, 3.63) is 0 Å². The Kier molecular flexibility index (Phi) is 4.40. The number of amides is 1. The van der Waals surface area contributed by atoms with Crippen LogP contribution in [0.4, 0.5) is 0 Å². The zero-order valence-corrected chi connectivity index (χ0v) is 10.6. The van der Waals surface area contributed by atoms with Crippen LogP contribution in [0.25, 0.3) is 0 Å². The monoisotopic (exact) mass is 240 g/mol. The number of carbonyl (C=O) groups is 1. The second-order valence-electron chi connectivity index (χ2n) is 5.57. The molecule has 1 aliphatic heterocycles. The first kappa shape index (κ1) is 12.8. The molecule has 1 aliphatic carbocycles. The van der Waals surface area contributed by atoms with Crippen LogP contribution in [0.15, 0.2) is 0 Å². The maximum Gasteiger partial charge on any atom is 0.237 e. The molecule has 1 saturated carbocycles. The standard InChI is InChI=1S/C13H24N2O2/c1-9-8-10(5-6-12(9)16)15-13(17)11-4-2-3-7-14-11/h9-12,14,16H,2-8H2,1H3,(H,15,17)/t9-,10+,11+,12-/m1/s1. The van der Waals surface area contributed by atoms with E-state index in [9.17, 15) is 9.90 Å². The van der Waals surface area contributed by atoms with Gasteiger partial charge in [-0.05, 0) is 44.6 Å². The predicted molar refractivity (Wildman–Crippen MR) is 66.6 cm³/mol. The van der Waals surface area contributed by atoms with Crippen LogP contribution in [0, 0.1) is 5.92 Å². The van der Waals surface area contributed by atoms with Crippen molar-refractivity contribution in [3.8, 4) is 0 Å². The highest BCUT2D eigenvalue weighted by Gasteiger charge is 2.29. The summed E-state index contributed by atoms with van der Waals surface area (Å²) in [4.78, 5) is 12.0. The van der Waals surface area contributed by atoms with Gasteiger partial charge in [0.1, 0.15) is 0 Å². The summed E-state index contributed by atoms with van der Waals surface area (Å²) in [6.07, 6.45) is 5.71. The van der Waals surface area contributed by atoms with Gasteiger partial charge in [0, 0.05) is 6.04 Å². The lowest BCUT2D eigenvalue weighted by atomic mass is 9.84. The van der Waals surface area contributed by atoms with E-state index in [1.807, 2.05) is 0 Å². The van der Waals surface area contributed by atoms with Gasteiger partial charge >= 0.3 is 0 Å². The van der Waals surface area contributed by atoms with Gasteiger partial charge in [0.15, 0.2) is 0 Å². The topological polar surface area (TPSA) is 61.4 Å². The molecule has 0 aromatic heterocycles. The minimum Gasteiger partial charge on any atom is -0.393 e. The maximum atomic E-state index is 12.0. The molecule has 4 atom stereocenters. The Balaban J connectivity index is 1.78. The molecule has 2 aliphatic rings. The van der Waals surface area contributed by atoms with Gasteiger partial charge in [-0.2, -0.15) is 0 Å². The van der Waals surface area contributed by atoms with Gasteiger partial charge in [0.25, 0.3) is 0 Å². The number of carbonyl (C=O) groups excluding carboxylic acids is 1. The third kappa shape index (κ3) is 3.42. The number of nitrogens with one attached hydrogen (secondary N) is 2. The second-order valence-corrected chi connectivity index (χ2v) is 5.57. The zero-order valence-electron chi connectivity index (χ0n) is 10.6. The van der Waals surface area contributed by atoms with Crippen molar-refractivity contribution in [2.24, 2.45) is 5.92 Å². The Morgan fingerprint density at radius 1 is 1.29 bits per heavy atom. The van der Waals surface area contributed by atoms with Gasteiger partial charge in [-0.15, -0.1) is 0 Å². The number of hydrogen-bond acceptors (Lipinski definition) is 3. The van der Waals surface area contributed by atoms with Crippen LogP contribution < -0.4 is 10.6 Å². The highest BCUT2D eigenvalue weighted by Crippen LogP contribution is 2.24. The highest BCUT2D eigenvalue weighted by atomic mass is 16.3. The molecule has 0 radical (unpaired) electrons. The number of aliphatic hydroxyl groups excluding tert-OH is 1. The van der Waals surface area contributed by atoms with Crippen LogP contribution in [-0.2, 0) is 4.79 Å². The first-order valence-corrected chi connectivity index (χ1v) is 6.88. The van der Waals surface area contributed by atoms with Crippen LogP contribution in [-0.4, -0.2) is 35.7 Å². The SMILES string of the molecule is C[C@@H]1C[C@@H](NC(=O)[C@@H]2CCCCN2)CC[C@H]1O. The van der Waals surface area contributed by atoms with Crippen molar-refractivity contribution >= 4 is 5.91 Å². The molecule has 4 nitrogen and oxygen atoms in total. The van der Waals surface area contributed by atoms with Crippen molar-refractivity contribution < 1.29 is 9.90 Å². The lowest BCUT2D eigenvalue weighted by Gasteiger charge is -2.33. The number of rotatable bonds is 2. The zero-order chi connectivity index (χ0) is 12.3. The van der Waals surface area contributed by atoms with Crippen LogP contribution >= 0.6 is 0 Å². The van der Waals surface area contributed by atoms with Gasteiger partial charge in [-0.1, -0.05) is 13.3 Å². The van der Waals surface area contributed by atoms with Crippen LogP contribution in [0.1, 0.15) is 45.4 Å². The summed E-state index contributed by atoms with van der Waals surface area (Å²) >= 11 is 0. The molecule has 0 unspecified atom stereocenters. The molecule has 2 rings (SSSR count). The first-order valence-electron chi connectivity index (χ1n) is 6.88. The number of hydrogen-bond donors (Lipinski definition) is 3. The number of aliphatic hydroxyl groups is 1. The summed E-state index contributed by atoms with van der Waals surface area (Å²) in [7, 11) is 0. The lowest BCUT2D eigenvalue weighted by molar-refractivity contribution is -0.125. The second kappa shape index (κ2) is 5.83. The quantitative estimate of drug-likeness (QED) is 0.669. The molecule has 1 heterocycles. The first-order chi connectivity index (χ1) is 8.16. The Morgan fingerprint density at radius 3 is 2.76 bits per heavy atom. The van der Waals surface area contributed by atoms with Gasteiger partial charge < -0.3 is 15.7 Å². The average molecular weight is 240 g/mol. The van der Waals surface area contributed by atoms with Crippen LogP contribution in [0.3, 0.4) is 0 Å². The van der Waals surface area contributed by atoms with E-state index < -0.39 is 0 Å². The largest absolute Gasteiger partial charge is 0.393 e. The molecular weight excluding hydrogens is 216 g/mol. The summed E-state index contributed by atoms with van der Waals surface area (Å²) in [5.74, 6) is 0.451. The Bertz CT molecular complexity index is 264. The van der Waals surface area contributed by atoms with E-state index >= 15 is 0 Å². The molecule has 0 spiro atoms. The highest BCUT2D eigenvalue weighted by molar-refractivity contribution is 5.82. The van der Waals surface area contributed by atoms with Crippen molar-refractivity contribution in [1.82, 2.24) is 10.6 Å². The molecule has 0 aromatic carbocycles. The molecule has 1 amide bonds. The van der Waals surface area contributed by atoms with E-state index in [0.717, 1.165) is 38.6 Å². The van der Waals surface area contributed by atoms with Crippen molar-refractivity contribution in [1.29, 1.82) is 0 Å². The smallest absolute Gasteiger partial charge is 0.237 e. The van der Waals surface area contributed by atoms with Crippen molar-refractivity contribution in [3.63, 3.8) is 0 Å². The molecule has 98 valence electrons. The molecule has 2 fully saturated rings. The summed E-state index contributed by atoms with van der Waals surface area (Å²) in [5, 5.41) is 16.0. The molecular formula is C13H24N2O2. The molecule has 0 aromatic rings. The van der Waals surface area contributed by atoms with E-state index in [4.69, 9.17) is 0 Å². The van der Waals surface area contributed by atoms with E-state index in [0.29, 0.717) is 5.92 Å². The van der Waals surface area contributed by atoms with E-state index in [1.165, 1.54) is 6.42 Å². The van der Waals surface area contributed by atoms with Crippen molar-refractivity contribution in [2.75, 3.05) is 6.54 Å². The third-order valence-electron chi connectivity index (χ3n) is 4.10. The lowest BCUT2D eigenvalue weighted by Crippen LogP contribution is -2.51. The third-order valence-corrected chi connectivity index (χ3v) is 4.10. The Hall–Kier alpha value is -0.610. The summed E-state index contributed by atoms with van der Waals surface area (Å²) < 4.78 is 0. The fourth-order valence-electron chi connectivity index (χ4n) is 2.89. The Morgan fingerprint density at radius 2 is 2.12 bits per heavy atom. The minimum absolute atomic E-state index is 0.00547. The summed E-state index contributed by atoms with van der Waals surface area (Å²) in [6, 6.07) is 0.260. The normalized spacial score (nSPS) is 38.7. The fraction of sp³-hybridized carbons (Fsp3) is 0.923. The minimum atomic E-state index is -0.184. The summed E-state index contributed by atoms with van der Waals surface area (Å²) in [5.41, 5.74) is 0. The molecule has 1 saturated heterocycles. The van der Waals surface area contributed by atoms with Gasteiger partial charge in [-0.3, -0.25) is 4.79 Å². The summed E-state index contributed by atoms with van der Waals surface area (Å²) in [6.45, 7) is 3.01. The van der Waals surface area contributed by atoms with Gasteiger partial charge in [0.2, 0.25) is 5.91 Å². The van der Waals surface area contributed by atoms with Gasteiger partial charge in [-0.25, -0.2) is 0 Å². The molecule has 0 bridgehead atoms. The fourth-order valence-corrected chi connectivity index (χ4v) is 2.89. The molecule has 3 N–H and O–H groups in total. The van der Waals surface area contributed by atoms with Crippen LogP contribution in [0.5, 0.6) is 0 Å². The van der Waals surface area contributed by atoms with Crippen molar-refractivity contribution in [2.45, 2.75) is 63.6 Å². The Labute approximate surface area is 103 Å².